The summed E-state index contributed by atoms with van der Waals surface area (Å²) < 4.78 is 14.9. The Kier molecular flexibility index (Phi) is 3.60. The van der Waals surface area contributed by atoms with E-state index in [0.29, 0.717) is 17.0 Å². The van der Waals surface area contributed by atoms with Crippen LogP contribution in [0.25, 0.3) is 0 Å². The largest absolute Gasteiger partial charge is 0.494 e. The van der Waals surface area contributed by atoms with Gasteiger partial charge in [0.25, 0.3) is 0 Å². The zero-order chi connectivity index (χ0) is 12.3. The Morgan fingerprint density at radius 1 is 1.19 bits per heavy atom. The van der Waals surface area contributed by atoms with Crippen LogP contribution in [-0.4, -0.2) is 27.3 Å². The van der Waals surface area contributed by atoms with Crippen molar-refractivity contribution >= 4 is 11.7 Å². The molecule has 1 rings (SSSR count). The second kappa shape index (κ2) is 4.74. The maximum atomic E-state index is 11.5. The van der Waals surface area contributed by atoms with Gasteiger partial charge in [-0.2, -0.15) is 0 Å². The first-order valence-electron chi connectivity index (χ1n) is 4.66. The molecule has 0 spiro atoms. The van der Waals surface area contributed by atoms with E-state index in [4.69, 9.17) is 15.2 Å². The highest BCUT2D eigenvalue weighted by molar-refractivity contribution is 5.96. The minimum Gasteiger partial charge on any atom is -0.494 e. The van der Waals surface area contributed by atoms with Crippen LogP contribution < -0.4 is 15.2 Å². The van der Waals surface area contributed by atoms with Crippen LogP contribution in [0.3, 0.4) is 0 Å². The first kappa shape index (κ1) is 12.2. The molecule has 0 saturated carbocycles. The molecular weight excluding hydrogens is 210 g/mol. The summed E-state index contributed by atoms with van der Waals surface area (Å²) in [5.74, 6) is 0.285. The standard InChI is InChI=1S/C11H15NO4/c1-6-5-7(11(13)16-4)10(15-3)8(12)9(6)14-2/h5H,12H2,1-4H3. The zero-order valence-electron chi connectivity index (χ0n) is 9.79. The van der Waals surface area contributed by atoms with Crippen molar-refractivity contribution in [2.75, 3.05) is 27.1 Å². The molecule has 88 valence electrons. The quantitative estimate of drug-likeness (QED) is 0.621. The molecule has 5 nitrogen and oxygen atoms in total. The third-order valence-corrected chi connectivity index (χ3v) is 2.27. The van der Waals surface area contributed by atoms with E-state index >= 15 is 0 Å². The first-order valence-corrected chi connectivity index (χ1v) is 4.66. The molecule has 0 aliphatic carbocycles. The highest BCUT2D eigenvalue weighted by Gasteiger charge is 2.20. The van der Waals surface area contributed by atoms with Gasteiger partial charge >= 0.3 is 5.97 Å². The van der Waals surface area contributed by atoms with E-state index in [9.17, 15) is 4.79 Å². The maximum absolute atomic E-state index is 11.5. The number of esters is 1. The lowest BCUT2D eigenvalue weighted by molar-refractivity contribution is 0.0597. The van der Waals surface area contributed by atoms with Gasteiger partial charge in [0.15, 0.2) is 5.75 Å². The molecule has 0 atom stereocenters. The number of rotatable bonds is 3. The summed E-state index contributed by atoms with van der Waals surface area (Å²) in [5.41, 5.74) is 7.18. The second-order valence-electron chi connectivity index (χ2n) is 3.21. The van der Waals surface area contributed by atoms with Crippen LogP contribution in [0.15, 0.2) is 6.07 Å². The van der Waals surface area contributed by atoms with E-state index in [2.05, 4.69) is 4.74 Å². The summed E-state index contributed by atoms with van der Waals surface area (Å²) in [6.45, 7) is 1.79. The predicted octanol–water partition coefficient (Wildman–Crippen LogP) is 1.38. The van der Waals surface area contributed by atoms with Crippen molar-refractivity contribution in [3.8, 4) is 11.5 Å². The molecule has 0 amide bonds. The summed E-state index contributed by atoms with van der Waals surface area (Å²) in [4.78, 5) is 11.5. The van der Waals surface area contributed by atoms with Crippen molar-refractivity contribution in [1.82, 2.24) is 0 Å². The van der Waals surface area contributed by atoms with E-state index < -0.39 is 5.97 Å². The van der Waals surface area contributed by atoms with Crippen molar-refractivity contribution < 1.29 is 19.0 Å². The van der Waals surface area contributed by atoms with Gasteiger partial charge < -0.3 is 19.9 Å². The van der Waals surface area contributed by atoms with E-state index in [-0.39, 0.29) is 5.75 Å². The van der Waals surface area contributed by atoms with E-state index in [1.54, 1.807) is 13.0 Å². The Hall–Kier alpha value is -1.91. The number of carbonyl (C=O) groups excluding carboxylic acids is 1. The van der Waals surface area contributed by atoms with Crippen LogP contribution in [0.4, 0.5) is 5.69 Å². The molecule has 0 aliphatic heterocycles. The monoisotopic (exact) mass is 225 g/mol. The van der Waals surface area contributed by atoms with Crippen LogP contribution in [0.1, 0.15) is 15.9 Å². The topological polar surface area (TPSA) is 70.8 Å². The van der Waals surface area contributed by atoms with Crippen molar-refractivity contribution in [2.45, 2.75) is 6.92 Å². The number of methoxy groups -OCH3 is 3. The van der Waals surface area contributed by atoms with Crippen LogP contribution in [0.5, 0.6) is 11.5 Å². The van der Waals surface area contributed by atoms with Crippen LogP contribution in [0, 0.1) is 6.92 Å². The lowest BCUT2D eigenvalue weighted by atomic mass is 10.1. The molecule has 0 radical (unpaired) electrons. The molecule has 0 fully saturated rings. The van der Waals surface area contributed by atoms with Crippen molar-refractivity contribution in [1.29, 1.82) is 0 Å². The van der Waals surface area contributed by atoms with Crippen molar-refractivity contribution in [3.63, 3.8) is 0 Å². The molecular formula is C11H15NO4. The SMILES string of the molecule is COC(=O)c1cc(C)c(OC)c(N)c1OC. The van der Waals surface area contributed by atoms with Crippen LogP contribution in [0.2, 0.25) is 0 Å². The number of aryl methyl sites for hydroxylation is 1. The zero-order valence-corrected chi connectivity index (χ0v) is 9.79. The fourth-order valence-corrected chi connectivity index (χ4v) is 1.56. The minimum atomic E-state index is -0.491. The second-order valence-corrected chi connectivity index (χ2v) is 3.21. The number of nitrogens with two attached hydrogens (primary N) is 1. The lowest BCUT2D eigenvalue weighted by Crippen LogP contribution is -2.08. The molecule has 16 heavy (non-hydrogen) atoms. The van der Waals surface area contributed by atoms with E-state index in [1.807, 2.05) is 0 Å². The van der Waals surface area contributed by atoms with Gasteiger partial charge in [0, 0.05) is 0 Å². The number of nitrogen functional groups attached to an aromatic ring is 1. The van der Waals surface area contributed by atoms with Crippen LogP contribution >= 0.6 is 0 Å². The molecule has 5 heteroatoms. The Morgan fingerprint density at radius 2 is 1.75 bits per heavy atom. The van der Waals surface area contributed by atoms with Gasteiger partial charge in [-0.15, -0.1) is 0 Å². The van der Waals surface area contributed by atoms with Gasteiger partial charge in [0.1, 0.15) is 17.0 Å². The maximum Gasteiger partial charge on any atom is 0.341 e. The number of hydrogen-bond acceptors (Lipinski definition) is 5. The molecule has 0 aliphatic rings. The van der Waals surface area contributed by atoms with Gasteiger partial charge in [-0.05, 0) is 18.6 Å². The summed E-state index contributed by atoms with van der Waals surface area (Å²) >= 11 is 0. The average molecular weight is 225 g/mol. The third kappa shape index (κ3) is 1.88. The number of benzene rings is 1. The van der Waals surface area contributed by atoms with Crippen molar-refractivity contribution in [3.05, 3.63) is 17.2 Å². The highest BCUT2D eigenvalue weighted by atomic mass is 16.5. The molecule has 0 heterocycles. The number of hydrogen-bond donors (Lipinski definition) is 1. The number of carbonyl (C=O) groups is 1. The molecule has 0 aromatic heterocycles. The van der Waals surface area contributed by atoms with E-state index in [0.717, 1.165) is 5.56 Å². The molecule has 0 unspecified atom stereocenters. The normalized spacial score (nSPS) is 9.75. The van der Waals surface area contributed by atoms with Gasteiger partial charge in [-0.1, -0.05) is 0 Å². The Balaban J connectivity index is 3.46. The predicted molar refractivity (Wildman–Crippen MR) is 60.0 cm³/mol. The van der Waals surface area contributed by atoms with Gasteiger partial charge in [0.05, 0.1) is 21.3 Å². The molecule has 1 aromatic carbocycles. The van der Waals surface area contributed by atoms with E-state index in [1.165, 1.54) is 21.3 Å². The number of ether oxygens (including phenoxy) is 3. The fraction of sp³-hybridized carbons (Fsp3) is 0.364. The first-order chi connectivity index (χ1) is 7.56. The fourth-order valence-electron chi connectivity index (χ4n) is 1.56. The van der Waals surface area contributed by atoms with Gasteiger partial charge in [0.2, 0.25) is 0 Å². The Labute approximate surface area is 94.1 Å². The van der Waals surface area contributed by atoms with Crippen molar-refractivity contribution in [2.24, 2.45) is 0 Å². The summed E-state index contributed by atoms with van der Waals surface area (Å²) in [6.07, 6.45) is 0. The molecule has 0 saturated heterocycles. The van der Waals surface area contributed by atoms with Gasteiger partial charge in [-0.3, -0.25) is 0 Å². The molecule has 1 aromatic rings. The number of anilines is 1. The molecule has 2 N–H and O–H groups in total. The third-order valence-electron chi connectivity index (χ3n) is 2.27. The average Bonchev–Trinajstić information content (AvgIpc) is 2.28. The summed E-state index contributed by atoms with van der Waals surface area (Å²) in [7, 11) is 4.25. The lowest BCUT2D eigenvalue weighted by Gasteiger charge is -2.15. The summed E-state index contributed by atoms with van der Waals surface area (Å²) in [5, 5.41) is 0. The van der Waals surface area contributed by atoms with Gasteiger partial charge in [-0.25, -0.2) is 4.79 Å². The smallest absolute Gasteiger partial charge is 0.341 e. The Bertz CT molecular complexity index is 415. The highest BCUT2D eigenvalue weighted by Crippen LogP contribution is 2.38. The van der Waals surface area contributed by atoms with Crippen LogP contribution in [-0.2, 0) is 4.74 Å². The minimum absolute atomic E-state index is 0.273. The Morgan fingerprint density at radius 3 is 2.19 bits per heavy atom. The molecule has 0 bridgehead atoms. The summed E-state index contributed by atoms with van der Waals surface area (Å²) in [6, 6.07) is 1.62.